The molecule has 0 aromatic heterocycles. The molecule has 0 bridgehead atoms. The second kappa shape index (κ2) is 6.24. The fourth-order valence-corrected chi connectivity index (χ4v) is 4.57. The van der Waals surface area contributed by atoms with Crippen molar-refractivity contribution in [1.29, 1.82) is 0 Å². The maximum Gasteiger partial charge on any atom is 0.227 e. The van der Waals surface area contributed by atoms with E-state index in [0.717, 1.165) is 5.69 Å². The standard InChI is InChI=1S/C25H21NO/c1-2-26-23-15-14-18-9-4-6-12-20(18)25(23)22(16-24(26)27)21-13-7-10-17-8-3-5-11-19(17)21/h3-15,22H,2,16H2,1H3. The first-order chi connectivity index (χ1) is 13.3. The van der Waals surface area contributed by atoms with Gasteiger partial charge in [-0.1, -0.05) is 72.8 Å². The van der Waals surface area contributed by atoms with Gasteiger partial charge in [0.25, 0.3) is 0 Å². The van der Waals surface area contributed by atoms with Gasteiger partial charge in [0.15, 0.2) is 0 Å². The highest BCUT2D eigenvalue weighted by Crippen LogP contribution is 2.45. The number of carbonyl (C=O) groups is 1. The van der Waals surface area contributed by atoms with Crippen molar-refractivity contribution in [2.24, 2.45) is 0 Å². The fourth-order valence-electron chi connectivity index (χ4n) is 4.57. The molecule has 2 heteroatoms. The van der Waals surface area contributed by atoms with Crippen molar-refractivity contribution < 1.29 is 4.79 Å². The third-order valence-corrected chi connectivity index (χ3v) is 5.78. The smallest absolute Gasteiger partial charge is 0.227 e. The lowest BCUT2D eigenvalue weighted by Crippen LogP contribution is -2.36. The van der Waals surface area contributed by atoms with Crippen LogP contribution in [-0.2, 0) is 4.79 Å². The van der Waals surface area contributed by atoms with Crippen LogP contribution < -0.4 is 4.90 Å². The lowest BCUT2D eigenvalue weighted by molar-refractivity contribution is -0.119. The van der Waals surface area contributed by atoms with Crippen LogP contribution in [0.4, 0.5) is 5.69 Å². The zero-order valence-corrected chi connectivity index (χ0v) is 15.4. The number of fused-ring (bicyclic) bond motifs is 4. The minimum Gasteiger partial charge on any atom is -0.312 e. The quantitative estimate of drug-likeness (QED) is 0.441. The molecular formula is C25H21NO. The highest BCUT2D eigenvalue weighted by Gasteiger charge is 2.33. The number of hydrogen-bond donors (Lipinski definition) is 0. The van der Waals surface area contributed by atoms with Crippen molar-refractivity contribution in [3.8, 4) is 0 Å². The molecule has 0 fully saturated rings. The van der Waals surface area contributed by atoms with Gasteiger partial charge >= 0.3 is 0 Å². The average molecular weight is 351 g/mol. The van der Waals surface area contributed by atoms with Crippen LogP contribution in [0.25, 0.3) is 21.5 Å². The van der Waals surface area contributed by atoms with Crippen LogP contribution in [0.5, 0.6) is 0 Å². The van der Waals surface area contributed by atoms with Gasteiger partial charge in [-0.05, 0) is 45.7 Å². The summed E-state index contributed by atoms with van der Waals surface area (Å²) in [4.78, 5) is 14.9. The minimum atomic E-state index is 0.0764. The number of hydrogen-bond acceptors (Lipinski definition) is 1. The van der Waals surface area contributed by atoms with Crippen LogP contribution >= 0.6 is 0 Å². The van der Waals surface area contributed by atoms with Crippen LogP contribution in [0.2, 0.25) is 0 Å². The van der Waals surface area contributed by atoms with E-state index in [2.05, 4.69) is 85.8 Å². The molecule has 2 nitrogen and oxygen atoms in total. The Hall–Kier alpha value is -3.13. The molecule has 1 aliphatic rings. The summed E-state index contributed by atoms with van der Waals surface area (Å²) in [5, 5.41) is 4.94. The summed E-state index contributed by atoms with van der Waals surface area (Å²) in [5.74, 6) is 0.283. The molecule has 1 amide bonds. The molecule has 5 rings (SSSR count). The molecule has 1 heterocycles. The van der Waals surface area contributed by atoms with Crippen LogP contribution in [-0.4, -0.2) is 12.5 Å². The number of nitrogens with zero attached hydrogens (tertiary/aromatic N) is 1. The number of anilines is 1. The van der Waals surface area contributed by atoms with Gasteiger partial charge in [-0.15, -0.1) is 0 Å². The van der Waals surface area contributed by atoms with Gasteiger partial charge in [0.1, 0.15) is 0 Å². The molecule has 1 unspecified atom stereocenters. The number of rotatable bonds is 2. The number of benzene rings is 4. The van der Waals surface area contributed by atoms with E-state index in [-0.39, 0.29) is 11.8 Å². The molecule has 1 aliphatic heterocycles. The summed E-state index contributed by atoms with van der Waals surface area (Å²) in [7, 11) is 0. The van der Waals surface area contributed by atoms with E-state index in [1.807, 2.05) is 4.90 Å². The molecule has 4 aromatic rings. The van der Waals surface area contributed by atoms with Crippen molar-refractivity contribution in [3.63, 3.8) is 0 Å². The predicted octanol–water partition coefficient (Wildman–Crippen LogP) is 5.88. The largest absolute Gasteiger partial charge is 0.312 e. The van der Waals surface area contributed by atoms with E-state index in [9.17, 15) is 4.79 Å². The van der Waals surface area contributed by atoms with Gasteiger partial charge < -0.3 is 4.90 Å². The second-order valence-corrected chi connectivity index (χ2v) is 7.18. The van der Waals surface area contributed by atoms with E-state index >= 15 is 0 Å². The Labute approximate surface area is 159 Å². The fraction of sp³-hybridized carbons (Fsp3) is 0.160. The van der Waals surface area contributed by atoms with E-state index in [4.69, 9.17) is 0 Å². The van der Waals surface area contributed by atoms with Gasteiger partial charge in [-0.25, -0.2) is 0 Å². The Morgan fingerprint density at radius 1 is 0.815 bits per heavy atom. The van der Waals surface area contributed by atoms with Crippen molar-refractivity contribution in [3.05, 3.63) is 90.0 Å². The zero-order valence-electron chi connectivity index (χ0n) is 15.4. The van der Waals surface area contributed by atoms with E-state index in [1.54, 1.807) is 0 Å². The number of carbonyl (C=O) groups excluding carboxylic acids is 1. The first kappa shape index (κ1) is 16.1. The Morgan fingerprint density at radius 3 is 2.26 bits per heavy atom. The summed E-state index contributed by atoms with van der Waals surface area (Å²) < 4.78 is 0. The molecule has 0 aliphatic carbocycles. The Kier molecular flexibility index (Phi) is 3.71. The summed E-state index contributed by atoms with van der Waals surface area (Å²) in [6.45, 7) is 2.75. The van der Waals surface area contributed by atoms with Crippen molar-refractivity contribution in [2.45, 2.75) is 19.3 Å². The van der Waals surface area contributed by atoms with Crippen LogP contribution in [0.1, 0.15) is 30.4 Å². The maximum atomic E-state index is 13.0. The minimum absolute atomic E-state index is 0.0764. The Balaban J connectivity index is 1.84. The van der Waals surface area contributed by atoms with Gasteiger partial charge in [0.05, 0.1) is 0 Å². The highest BCUT2D eigenvalue weighted by molar-refractivity contribution is 6.04. The maximum absolute atomic E-state index is 13.0. The van der Waals surface area contributed by atoms with Crippen LogP contribution in [0, 0.1) is 0 Å². The van der Waals surface area contributed by atoms with E-state index in [1.165, 1.54) is 32.7 Å². The summed E-state index contributed by atoms with van der Waals surface area (Å²) in [6.07, 6.45) is 0.517. The average Bonchev–Trinajstić information content (AvgIpc) is 2.72. The molecule has 1 atom stereocenters. The summed E-state index contributed by atoms with van der Waals surface area (Å²) in [5.41, 5.74) is 3.59. The molecule has 4 aromatic carbocycles. The highest BCUT2D eigenvalue weighted by atomic mass is 16.2. The van der Waals surface area contributed by atoms with Crippen molar-refractivity contribution in [1.82, 2.24) is 0 Å². The molecule has 0 spiro atoms. The Bertz CT molecular complexity index is 1170. The zero-order chi connectivity index (χ0) is 18.4. The van der Waals surface area contributed by atoms with Gasteiger partial charge in [-0.3, -0.25) is 4.79 Å². The Morgan fingerprint density at radius 2 is 1.48 bits per heavy atom. The molecular weight excluding hydrogens is 330 g/mol. The van der Waals surface area contributed by atoms with Crippen molar-refractivity contribution in [2.75, 3.05) is 11.4 Å². The molecule has 0 N–H and O–H groups in total. The molecule has 132 valence electrons. The van der Waals surface area contributed by atoms with E-state index in [0.29, 0.717) is 13.0 Å². The SMILES string of the molecule is CCN1C(=O)CC(c2cccc3ccccc23)c2c1ccc1ccccc21. The third kappa shape index (κ3) is 2.44. The normalized spacial score (nSPS) is 16.7. The summed E-state index contributed by atoms with van der Waals surface area (Å²) in [6, 6.07) is 27.7. The summed E-state index contributed by atoms with van der Waals surface area (Å²) >= 11 is 0. The van der Waals surface area contributed by atoms with Gasteiger partial charge in [0.2, 0.25) is 5.91 Å². The first-order valence-electron chi connectivity index (χ1n) is 9.57. The molecule has 0 saturated heterocycles. The second-order valence-electron chi connectivity index (χ2n) is 7.18. The monoisotopic (exact) mass is 351 g/mol. The van der Waals surface area contributed by atoms with Crippen LogP contribution in [0.15, 0.2) is 78.9 Å². The van der Waals surface area contributed by atoms with E-state index < -0.39 is 0 Å². The topological polar surface area (TPSA) is 20.3 Å². The lowest BCUT2D eigenvalue weighted by Gasteiger charge is -2.35. The number of amides is 1. The predicted molar refractivity (Wildman–Crippen MR) is 112 cm³/mol. The lowest BCUT2D eigenvalue weighted by atomic mass is 9.79. The first-order valence-corrected chi connectivity index (χ1v) is 9.57. The molecule has 0 saturated carbocycles. The van der Waals surface area contributed by atoms with Gasteiger partial charge in [0, 0.05) is 24.6 Å². The van der Waals surface area contributed by atoms with Gasteiger partial charge in [-0.2, -0.15) is 0 Å². The van der Waals surface area contributed by atoms with Crippen LogP contribution in [0.3, 0.4) is 0 Å². The van der Waals surface area contributed by atoms with Crippen molar-refractivity contribution >= 4 is 33.1 Å². The molecule has 0 radical (unpaired) electrons. The molecule has 27 heavy (non-hydrogen) atoms. The third-order valence-electron chi connectivity index (χ3n) is 5.78.